The first-order valence-corrected chi connectivity index (χ1v) is 21.6. The molecule has 0 aliphatic heterocycles. The minimum Gasteiger partial charge on any atom is -0.481 e. The molecule has 0 radical (unpaired) electrons. The minimum absolute atomic E-state index is 0.0243. The molecule has 7 heteroatoms. The zero-order chi connectivity index (χ0) is 35.1. The highest BCUT2D eigenvalue weighted by molar-refractivity contribution is 6.74. The van der Waals surface area contributed by atoms with E-state index in [1.165, 1.54) is 6.42 Å². The van der Waals surface area contributed by atoms with E-state index in [0.717, 1.165) is 68.9 Å². The lowest BCUT2D eigenvalue weighted by molar-refractivity contribution is -0.161. The van der Waals surface area contributed by atoms with Crippen LogP contribution in [0.2, 0.25) is 18.1 Å². The zero-order valence-corrected chi connectivity index (χ0v) is 31.7. The summed E-state index contributed by atoms with van der Waals surface area (Å²) in [6.07, 6.45) is 9.57. The van der Waals surface area contributed by atoms with Crippen molar-refractivity contribution in [2.24, 2.45) is 23.2 Å². The van der Waals surface area contributed by atoms with Gasteiger partial charge in [0.05, 0.1) is 23.2 Å². The molecule has 0 amide bonds. The topological polar surface area (TPSA) is 93.1 Å². The Labute approximate surface area is 291 Å². The van der Waals surface area contributed by atoms with Crippen LogP contribution in [0.4, 0.5) is 0 Å². The number of carbonyl (C=O) groups excluding carboxylic acids is 1. The van der Waals surface area contributed by atoms with Crippen molar-refractivity contribution in [2.45, 2.75) is 148 Å². The van der Waals surface area contributed by atoms with Crippen LogP contribution in [0.3, 0.4) is 0 Å². The third-order valence-electron chi connectivity index (χ3n) is 12.2. The Balaban J connectivity index is 1.46. The summed E-state index contributed by atoms with van der Waals surface area (Å²) < 4.78 is 13.2. The SMILES string of the molecule is CCC[C@H]1C(O)C[C@H](OC(=O)c2ccc(-c3ccccc3)cc2)[C@@H]1CCCCC(O[Si](C)(C)C(C)(C)C)C(C)(C(=O)O)C1CCCCC1. The molecule has 266 valence electrons. The second-order valence-electron chi connectivity index (χ2n) is 16.4. The Morgan fingerprint density at radius 1 is 0.875 bits per heavy atom. The van der Waals surface area contributed by atoms with Gasteiger partial charge in [-0.05, 0) is 92.3 Å². The molecule has 0 heterocycles. The molecular formula is C41H62O6Si. The first kappa shape index (κ1) is 38.3. The molecule has 2 saturated carbocycles. The Morgan fingerprint density at radius 2 is 1.50 bits per heavy atom. The summed E-state index contributed by atoms with van der Waals surface area (Å²) in [5.74, 6) is -0.816. The molecule has 48 heavy (non-hydrogen) atoms. The van der Waals surface area contributed by atoms with Gasteiger partial charge in [-0.2, -0.15) is 0 Å². The predicted octanol–water partition coefficient (Wildman–Crippen LogP) is 10.3. The highest BCUT2D eigenvalue weighted by atomic mass is 28.4. The number of aliphatic hydroxyl groups excluding tert-OH is 1. The molecule has 0 bridgehead atoms. The molecule has 6 nitrogen and oxygen atoms in total. The largest absolute Gasteiger partial charge is 0.481 e. The van der Waals surface area contributed by atoms with Crippen molar-refractivity contribution >= 4 is 20.3 Å². The van der Waals surface area contributed by atoms with Crippen molar-refractivity contribution in [3.05, 3.63) is 60.2 Å². The predicted molar refractivity (Wildman–Crippen MR) is 196 cm³/mol. The average Bonchev–Trinajstić information content (AvgIpc) is 3.35. The number of esters is 1. The molecule has 2 aromatic carbocycles. The smallest absolute Gasteiger partial charge is 0.338 e. The molecule has 0 saturated heterocycles. The van der Waals surface area contributed by atoms with E-state index in [-0.39, 0.29) is 41.0 Å². The van der Waals surface area contributed by atoms with E-state index in [4.69, 9.17) is 9.16 Å². The minimum atomic E-state index is -2.24. The molecule has 3 unspecified atom stereocenters. The third-order valence-corrected chi connectivity index (χ3v) is 16.7. The van der Waals surface area contributed by atoms with E-state index in [2.05, 4.69) is 40.8 Å². The van der Waals surface area contributed by atoms with Gasteiger partial charge in [0, 0.05) is 12.3 Å². The van der Waals surface area contributed by atoms with Gasteiger partial charge in [-0.15, -0.1) is 0 Å². The number of hydrogen-bond acceptors (Lipinski definition) is 5. The average molecular weight is 679 g/mol. The first-order valence-electron chi connectivity index (χ1n) is 18.6. The van der Waals surface area contributed by atoms with Crippen molar-refractivity contribution in [1.82, 2.24) is 0 Å². The standard InChI is InChI=1S/C41H62O6Si/c1-8-17-33-34(36(28-35(33)42)46-38(43)31-26-24-30(25-27-31)29-18-11-9-12-19-29)22-15-16-23-37(47-48(6,7)40(2,3)4)41(5,39(44)45)32-20-13-10-14-21-32/h9,11-12,18-19,24-27,32-37,42H,8,10,13-17,20-23,28H2,1-7H3,(H,44,45)/t33-,34-,35?,36+,37?,41?/m1/s1. The first-order chi connectivity index (χ1) is 22.7. The second kappa shape index (κ2) is 16.5. The van der Waals surface area contributed by atoms with E-state index in [0.29, 0.717) is 18.4 Å². The quantitative estimate of drug-likeness (QED) is 0.111. The third kappa shape index (κ3) is 8.99. The second-order valence-corrected chi connectivity index (χ2v) is 21.1. The Kier molecular flexibility index (Phi) is 13.2. The van der Waals surface area contributed by atoms with E-state index < -0.39 is 25.8 Å². The Bertz CT molecular complexity index is 1310. The van der Waals surface area contributed by atoms with Crippen LogP contribution in [0.15, 0.2) is 54.6 Å². The van der Waals surface area contributed by atoms with Gasteiger partial charge in [-0.3, -0.25) is 4.79 Å². The molecule has 2 aliphatic carbocycles. The summed E-state index contributed by atoms with van der Waals surface area (Å²) in [6, 6.07) is 17.6. The van der Waals surface area contributed by atoms with Gasteiger partial charge in [0.25, 0.3) is 0 Å². The molecule has 0 aromatic heterocycles. The summed E-state index contributed by atoms with van der Waals surface area (Å²) in [5, 5.41) is 21.8. The summed E-state index contributed by atoms with van der Waals surface area (Å²) in [4.78, 5) is 26.5. The van der Waals surface area contributed by atoms with Crippen molar-refractivity contribution in [1.29, 1.82) is 0 Å². The van der Waals surface area contributed by atoms with Crippen LogP contribution in [0.25, 0.3) is 11.1 Å². The van der Waals surface area contributed by atoms with Crippen molar-refractivity contribution in [3.63, 3.8) is 0 Å². The highest BCUT2D eigenvalue weighted by Crippen LogP contribution is 2.48. The van der Waals surface area contributed by atoms with Crippen molar-refractivity contribution < 1.29 is 29.0 Å². The van der Waals surface area contributed by atoms with Gasteiger partial charge in [0.15, 0.2) is 8.32 Å². The van der Waals surface area contributed by atoms with Crippen LogP contribution in [-0.2, 0) is 14.0 Å². The fourth-order valence-corrected chi connectivity index (χ4v) is 9.49. The fraction of sp³-hybridized carbons (Fsp3) is 0.659. The molecule has 2 N–H and O–H groups in total. The van der Waals surface area contributed by atoms with Gasteiger partial charge in [0.2, 0.25) is 0 Å². The highest BCUT2D eigenvalue weighted by Gasteiger charge is 2.52. The maximum absolute atomic E-state index is 13.4. The summed E-state index contributed by atoms with van der Waals surface area (Å²) >= 11 is 0. The normalized spacial score (nSPS) is 24.2. The van der Waals surface area contributed by atoms with Gasteiger partial charge in [-0.1, -0.05) is 109 Å². The molecular weight excluding hydrogens is 617 g/mol. The number of hydrogen-bond donors (Lipinski definition) is 2. The van der Waals surface area contributed by atoms with Crippen LogP contribution in [0.5, 0.6) is 0 Å². The number of aliphatic hydroxyl groups is 1. The van der Waals surface area contributed by atoms with Gasteiger partial charge >= 0.3 is 11.9 Å². The van der Waals surface area contributed by atoms with Gasteiger partial charge < -0.3 is 19.4 Å². The van der Waals surface area contributed by atoms with Crippen LogP contribution in [-0.4, -0.2) is 48.8 Å². The number of carbonyl (C=O) groups is 2. The summed E-state index contributed by atoms with van der Waals surface area (Å²) in [6.45, 7) is 15.2. The number of carboxylic acid groups (broad SMARTS) is 1. The van der Waals surface area contributed by atoms with Gasteiger partial charge in [-0.25, -0.2) is 4.79 Å². The molecule has 2 aliphatic rings. The van der Waals surface area contributed by atoms with Gasteiger partial charge in [0.1, 0.15) is 6.10 Å². The Morgan fingerprint density at radius 3 is 2.08 bits per heavy atom. The number of unbranched alkanes of at least 4 members (excludes halogenated alkanes) is 1. The number of benzene rings is 2. The number of carboxylic acids is 1. The Hall–Kier alpha value is -2.48. The van der Waals surface area contributed by atoms with Crippen LogP contribution in [0, 0.1) is 23.2 Å². The molecule has 2 fully saturated rings. The summed E-state index contributed by atoms with van der Waals surface area (Å²) in [7, 11) is -2.24. The lowest BCUT2D eigenvalue weighted by Crippen LogP contribution is -2.54. The lowest BCUT2D eigenvalue weighted by atomic mass is 9.66. The fourth-order valence-electron chi connectivity index (χ4n) is 8.06. The van der Waals surface area contributed by atoms with Crippen molar-refractivity contribution in [2.75, 3.05) is 0 Å². The van der Waals surface area contributed by atoms with Crippen LogP contribution < -0.4 is 0 Å². The lowest BCUT2D eigenvalue weighted by Gasteiger charge is -2.47. The number of rotatable bonds is 15. The molecule has 6 atom stereocenters. The van der Waals surface area contributed by atoms with Crippen LogP contribution in [0.1, 0.15) is 122 Å². The molecule has 2 aromatic rings. The van der Waals surface area contributed by atoms with E-state index >= 15 is 0 Å². The number of aliphatic carboxylic acids is 1. The summed E-state index contributed by atoms with van der Waals surface area (Å²) in [5.41, 5.74) is 1.72. The van der Waals surface area contributed by atoms with E-state index in [1.54, 1.807) is 0 Å². The number of ether oxygens (including phenoxy) is 1. The van der Waals surface area contributed by atoms with Crippen LogP contribution >= 0.6 is 0 Å². The monoisotopic (exact) mass is 678 g/mol. The molecule has 4 rings (SSSR count). The van der Waals surface area contributed by atoms with E-state index in [1.807, 2.05) is 61.5 Å². The van der Waals surface area contributed by atoms with E-state index in [9.17, 15) is 19.8 Å². The van der Waals surface area contributed by atoms with Crippen molar-refractivity contribution in [3.8, 4) is 11.1 Å². The maximum Gasteiger partial charge on any atom is 0.338 e. The molecule has 0 spiro atoms. The maximum atomic E-state index is 13.4. The zero-order valence-electron chi connectivity index (χ0n) is 30.7.